The molecule has 7 nitrogen and oxygen atoms in total. The van der Waals surface area contributed by atoms with Gasteiger partial charge in [-0.3, -0.25) is 4.79 Å². The topological polar surface area (TPSA) is 85.2 Å². The summed E-state index contributed by atoms with van der Waals surface area (Å²) in [7, 11) is -3.10. The van der Waals surface area contributed by atoms with Crippen molar-refractivity contribution in [1.29, 1.82) is 0 Å². The van der Waals surface area contributed by atoms with Crippen molar-refractivity contribution in [2.24, 2.45) is 0 Å². The number of aromatic nitrogens is 3. The Morgan fingerprint density at radius 3 is 2.35 bits per heavy atom. The molecule has 1 fully saturated rings. The lowest BCUT2D eigenvalue weighted by Crippen LogP contribution is -2.41. The van der Waals surface area contributed by atoms with Gasteiger partial charge in [0.15, 0.2) is 15.0 Å². The number of nitrogens with zero attached hydrogens (tertiary/aromatic N) is 4. The molecular weight excluding hydrogens is 468 g/mol. The van der Waals surface area contributed by atoms with E-state index in [4.69, 9.17) is 0 Å². The third-order valence-corrected chi connectivity index (χ3v) is 8.64. The van der Waals surface area contributed by atoms with Gasteiger partial charge in [0.2, 0.25) is 5.91 Å². The summed E-state index contributed by atoms with van der Waals surface area (Å²) in [6, 6.07) is 19.6. The molecule has 2 heterocycles. The zero-order valence-corrected chi connectivity index (χ0v) is 21.0. The van der Waals surface area contributed by atoms with E-state index < -0.39 is 9.84 Å². The second-order valence-corrected chi connectivity index (χ2v) is 11.7. The van der Waals surface area contributed by atoms with Gasteiger partial charge in [0, 0.05) is 25.6 Å². The van der Waals surface area contributed by atoms with Gasteiger partial charge in [-0.05, 0) is 24.0 Å². The van der Waals surface area contributed by atoms with Crippen LogP contribution in [0.15, 0.2) is 65.8 Å². The minimum absolute atomic E-state index is 0.0312. The Morgan fingerprint density at radius 2 is 1.74 bits per heavy atom. The standard InChI is InChI=1S/C25H30N4O3S2/c1-2-14-28-23(16-20-9-5-3-6-10-20)26-27-25(28)33-18-24(30)29(17-21-11-7-4-8-12-21)22-13-15-34(31,32)19-22/h3-12,22H,2,13-19H2,1H3. The molecule has 1 atom stereocenters. The summed E-state index contributed by atoms with van der Waals surface area (Å²) >= 11 is 1.37. The molecule has 0 saturated carbocycles. The lowest BCUT2D eigenvalue weighted by Gasteiger charge is -2.28. The highest BCUT2D eigenvalue weighted by Gasteiger charge is 2.34. The highest BCUT2D eigenvalue weighted by atomic mass is 32.2. The first-order chi connectivity index (χ1) is 16.4. The van der Waals surface area contributed by atoms with E-state index in [9.17, 15) is 13.2 Å². The van der Waals surface area contributed by atoms with Crippen molar-refractivity contribution < 1.29 is 13.2 Å². The number of benzene rings is 2. The number of hydrogen-bond acceptors (Lipinski definition) is 6. The number of amides is 1. The highest BCUT2D eigenvalue weighted by molar-refractivity contribution is 7.99. The molecule has 1 aromatic heterocycles. The van der Waals surface area contributed by atoms with Crippen molar-refractivity contribution in [1.82, 2.24) is 19.7 Å². The average molecular weight is 499 g/mol. The molecule has 3 aromatic rings. The number of sulfone groups is 1. The molecule has 34 heavy (non-hydrogen) atoms. The smallest absolute Gasteiger partial charge is 0.233 e. The van der Waals surface area contributed by atoms with Crippen LogP contribution in [0.2, 0.25) is 0 Å². The average Bonchev–Trinajstić information content (AvgIpc) is 3.39. The van der Waals surface area contributed by atoms with Crippen LogP contribution in [0, 0.1) is 0 Å². The molecule has 1 saturated heterocycles. The first-order valence-electron chi connectivity index (χ1n) is 11.6. The molecule has 0 aliphatic carbocycles. The van der Waals surface area contributed by atoms with Crippen LogP contribution in [0.25, 0.3) is 0 Å². The van der Waals surface area contributed by atoms with E-state index in [-0.39, 0.29) is 29.2 Å². The van der Waals surface area contributed by atoms with Crippen LogP contribution in [0.1, 0.15) is 36.7 Å². The lowest BCUT2D eigenvalue weighted by molar-refractivity contribution is -0.130. The van der Waals surface area contributed by atoms with Crippen LogP contribution < -0.4 is 0 Å². The summed E-state index contributed by atoms with van der Waals surface area (Å²) in [5, 5.41) is 9.50. The van der Waals surface area contributed by atoms with Gasteiger partial charge in [0.25, 0.3) is 0 Å². The van der Waals surface area contributed by atoms with Crippen LogP contribution >= 0.6 is 11.8 Å². The minimum atomic E-state index is -3.10. The third kappa shape index (κ3) is 6.27. The molecular formula is C25H30N4O3S2. The molecule has 9 heteroatoms. The normalized spacial score (nSPS) is 17.0. The van der Waals surface area contributed by atoms with Gasteiger partial charge < -0.3 is 9.47 Å². The molecule has 4 rings (SSSR count). The zero-order valence-electron chi connectivity index (χ0n) is 19.3. The van der Waals surface area contributed by atoms with Gasteiger partial charge >= 0.3 is 0 Å². The third-order valence-electron chi connectivity index (χ3n) is 5.94. The first kappa shape index (κ1) is 24.5. The van der Waals surface area contributed by atoms with Crippen LogP contribution in [0.4, 0.5) is 0 Å². The number of thioether (sulfide) groups is 1. The van der Waals surface area contributed by atoms with E-state index in [0.29, 0.717) is 19.4 Å². The monoisotopic (exact) mass is 498 g/mol. The van der Waals surface area contributed by atoms with E-state index in [1.165, 1.54) is 11.8 Å². The Hall–Kier alpha value is -2.65. The predicted molar refractivity (Wildman–Crippen MR) is 134 cm³/mol. The van der Waals surface area contributed by atoms with Crippen LogP contribution in [0.5, 0.6) is 0 Å². The minimum Gasteiger partial charge on any atom is -0.334 e. The zero-order chi connectivity index (χ0) is 24.0. The van der Waals surface area contributed by atoms with E-state index in [1.54, 1.807) is 4.90 Å². The van der Waals surface area contributed by atoms with Gasteiger partial charge in [0.05, 0.1) is 17.3 Å². The Labute approximate surface area is 205 Å². The quantitative estimate of drug-likeness (QED) is 0.397. The summed E-state index contributed by atoms with van der Waals surface area (Å²) in [6.07, 6.45) is 2.10. The van der Waals surface area contributed by atoms with Gasteiger partial charge in [0.1, 0.15) is 5.82 Å². The SMILES string of the molecule is CCCn1c(Cc2ccccc2)nnc1SCC(=O)N(Cc1ccccc1)C1CCS(=O)(=O)C1. The molecule has 1 unspecified atom stereocenters. The number of carbonyl (C=O) groups excluding carboxylic acids is 1. The van der Waals surface area contributed by atoms with Crippen molar-refractivity contribution in [3.63, 3.8) is 0 Å². The van der Waals surface area contributed by atoms with Crippen molar-refractivity contribution in [3.8, 4) is 0 Å². The van der Waals surface area contributed by atoms with E-state index >= 15 is 0 Å². The fraction of sp³-hybridized carbons (Fsp3) is 0.400. The van der Waals surface area contributed by atoms with Crippen molar-refractivity contribution in [2.45, 2.75) is 50.5 Å². The van der Waals surface area contributed by atoms with Crippen molar-refractivity contribution in [2.75, 3.05) is 17.3 Å². The molecule has 0 N–H and O–H groups in total. The van der Waals surface area contributed by atoms with Crippen LogP contribution in [-0.4, -0.2) is 57.3 Å². The largest absolute Gasteiger partial charge is 0.334 e. The molecule has 0 bridgehead atoms. The summed E-state index contributed by atoms with van der Waals surface area (Å²) in [4.78, 5) is 15.1. The van der Waals surface area contributed by atoms with Gasteiger partial charge in [-0.2, -0.15) is 0 Å². The Morgan fingerprint density at radius 1 is 1.06 bits per heavy atom. The first-order valence-corrected chi connectivity index (χ1v) is 14.4. The molecule has 180 valence electrons. The van der Waals surface area contributed by atoms with Crippen LogP contribution in [-0.2, 0) is 34.1 Å². The molecule has 0 spiro atoms. The number of hydrogen-bond donors (Lipinski definition) is 0. The van der Waals surface area contributed by atoms with E-state index in [1.807, 2.05) is 48.5 Å². The Kier molecular flexibility index (Phi) is 8.05. The second-order valence-electron chi connectivity index (χ2n) is 8.57. The summed E-state index contributed by atoms with van der Waals surface area (Å²) in [5.74, 6) is 1.16. The van der Waals surface area contributed by atoms with Gasteiger partial charge in [-0.15, -0.1) is 10.2 Å². The summed E-state index contributed by atoms with van der Waals surface area (Å²) in [5.41, 5.74) is 2.15. The lowest BCUT2D eigenvalue weighted by atomic mass is 10.1. The second kappa shape index (κ2) is 11.2. The van der Waals surface area contributed by atoms with Crippen molar-refractivity contribution >= 4 is 27.5 Å². The maximum atomic E-state index is 13.3. The predicted octanol–water partition coefficient (Wildman–Crippen LogP) is 3.59. The molecule has 1 amide bonds. The Balaban J connectivity index is 1.48. The molecule has 0 radical (unpaired) electrons. The molecule has 1 aliphatic rings. The summed E-state index contributed by atoms with van der Waals surface area (Å²) in [6.45, 7) is 3.29. The van der Waals surface area contributed by atoms with E-state index in [2.05, 4.69) is 33.8 Å². The Bertz CT molecular complexity index is 1200. The van der Waals surface area contributed by atoms with Gasteiger partial charge in [-0.1, -0.05) is 79.3 Å². The number of carbonyl (C=O) groups is 1. The number of rotatable bonds is 10. The fourth-order valence-corrected chi connectivity index (χ4v) is 6.81. The van der Waals surface area contributed by atoms with Gasteiger partial charge in [-0.25, -0.2) is 8.42 Å². The van der Waals surface area contributed by atoms with Crippen LogP contribution in [0.3, 0.4) is 0 Å². The molecule has 2 aromatic carbocycles. The fourth-order valence-electron chi connectivity index (χ4n) is 4.21. The maximum absolute atomic E-state index is 13.3. The highest BCUT2D eigenvalue weighted by Crippen LogP contribution is 2.24. The van der Waals surface area contributed by atoms with Crippen molar-refractivity contribution in [3.05, 3.63) is 77.6 Å². The summed E-state index contributed by atoms with van der Waals surface area (Å²) < 4.78 is 26.3. The maximum Gasteiger partial charge on any atom is 0.233 e. The molecule has 1 aliphatic heterocycles. The van der Waals surface area contributed by atoms with E-state index in [0.717, 1.165) is 35.1 Å².